The molecule has 0 spiro atoms. The predicted octanol–water partition coefficient (Wildman–Crippen LogP) is 4.66. The number of piperidine rings is 1. The van der Waals surface area contributed by atoms with Crippen molar-refractivity contribution in [3.63, 3.8) is 0 Å². The molecule has 4 heteroatoms. The van der Waals surface area contributed by atoms with Crippen molar-refractivity contribution >= 4 is 17.3 Å². The minimum absolute atomic E-state index is 0.158. The van der Waals surface area contributed by atoms with Crippen LogP contribution in [-0.4, -0.2) is 42.2 Å². The van der Waals surface area contributed by atoms with Crippen LogP contribution in [0.3, 0.4) is 0 Å². The highest BCUT2D eigenvalue weighted by molar-refractivity contribution is 5.72. The molecule has 0 bridgehead atoms. The first-order chi connectivity index (χ1) is 14.0. The number of fused-ring (bicyclic) bond motifs is 2. The van der Waals surface area contributed by atoms with Gasteiger partial charge in [0.05, 0.1) is 5.92 Å². The summed E-state index contributed by atoms with van der Waals surface area (Å²) in [6, 6.07) is 15.7. The van der Waals surface area contributed by atoms with Crippen LogP contribution in [0.4, 0.5) is 11.4 Å². The minimum Gasteiger partial charge on any atom is -0.481 e. The molecule has 2 aliphatic rings. The molecule has 4 nitrogen and oxygen atoms in total. The normalized spacial score (nSPS) is 18.6. The average molecular weight is 393 g/mol. The van der Waals surface area contributed by atoms with Crippen molar-refractivity contribution in [3.05, 3.63) is 59.2 Å². The van der Waals surface area contributed by atoms with Crippen LogP contribution in [0.25, 0.3) is 0 Å². The molecule has 2 heterocycles. The lowest BCUT2D eigenvalue weighted by Gasteiger charge is -2.35. The monoisotopic (exact) mass is 392 g/mol. The van der Waals surface area contributed by atoms with E-state index in [0.717, 1.165) is 51.9 Å². The molecule has 2 aromatic rings. The van der Waals surface area contributed by atoms with Crippen LogP contribution in [0.15, 0.2) is 42.5 Å². The number of rotatable bonds is 5. The van der Waals surface area contributed by atoms with E-state index in [1.807, 2.05) is 0 Å². The zero-order valence-electron chi connectivity index (χ0n) is 17.6. The number of carboxylic acids is 1. The summed E-state index contributed by atoms with van der Waals surface area (Å²) < 4.78 is 0. The summed E-state index contributed by atoms with van der Waals surface area (Å²) in [5.74, 6) is -0.296. The number of hydrogen-bond acceptors (Lipinski definition) is 3. The second-order valence-electron chi connectivity index (χ2n) is 8.89. The van der Waals surface area contributed by atoms with Gasteiger partial charge in [-0.2, -0.15) is 0 Å². The number of carboxylic acid groups (broad SMARTS) is 1. The lowest BCUT2D eigenvalue weighted by Crippen LogP contribution is -2.40. The molecule has 0 radical (unpaired) electrons. The zero-order chi connectivity index (χ0) is 20.4. The van der Waals surface area contributed by atoms with Gasteiger partial charge in [-0.1, -0.05) is 37.3 Å². The summed E-state index contributed by atoms with van der Waals surface area (Å²) in [4.78, 5) is 16.2. The maximum atomic E-state index is 11.2. The molecule has 0 amide bonds. The van der Waals surface area contributed by atoms with Crippen LogP contribution in [0.1, 0.15) is 36.5 Å². The molecule has 0 saturated carbocycles. The molecule has 2 aromatic carbocycles. The van der Waals surface area contributed by atoms with E-state index >= 15 is 0 Å². The number of aryl methyl sites for hydroxylation is 3. The maximum absolute atomic E-state index is 11.2. The molecule has 4 rings (SSSR count). The van der Waals surface area contributed by atoms with E-state index in [9.17, 15) is 9.90 Å². The Morgan fingerprint density at radius 3 is 2.45 bits per heavy atom. The van der Waals surface area contributed by atoms with Crippen molar-refractivity contribution in [1.82, 2.24) is 4.90 Å². The number of benzene rings is 2. The standard InChI is InChI=1S/C25H32N2O2/c1-18-7-8-21-10-9-20-5-3-4-6-23(20)27(24(21)15-18)17-19(2)16-26-13-11-22(12-14-26)25(28)29/h3-8,15,19,22H,9-14,16-17H2,1-2H3,(H,28,29). The summed E-state index contributed by atoms with van der Waals surface area (Å²) in [5, 5.41) is 9.23. The molecule has 0 aromatic heterocycles. The maximum Gasteiger partial charge on any atom is 0.306 e. The highest BCUT2D eigenvalue weighted by atomic mass is 16.4. The fraction of sp³-hybridized carbons (Fsp3) is 0.480. The summed E-state index contributed by atoms with van der Waals surface area (Å²) in [5.41, 5.74) is 6.85. The molecule has 2 aliphatic heterocycles. The van der Waals surface area contributed by atoms with E-state index < -0.39 is 5.97 Å². The third-order valence-corrected chi connectivity index (χ3v) is 6.48. The second-order valence-corrected chi connectivity index (χ2v) is 8.89. The Morgan fingerprint density at radius 2 is 1.72 bits per heavy atom. The van der Waals surface area contributed by atoms with Crippen LogP contribution in [0, 0.1) is 18.8 Å². The lowest BCUT2D eigenvalue weighted by molar-refractivity contribution is -0.143. The van der Waals surface area contributed by atoms with Crippen LogP contribution >= 0.6 is 0 Å². The Balaban J connectivity index is 1.52. The van der Waals surface area contributed by atoms with Gasteiger partial charge in [0, 0.05) is 24.5 Å². The quantitative estimate of drug-likeness (QED) is 0.803. The number of likely N-dealkylation sites (tertiary alicyclic amines) is 1. The van der Waals surface area contributed by atoms with E-state index in [2.05, 4.69) is 66.1 Å². The highest BCUT2D eigenvalue weighted by Crippen LogP contribution is 2.37. The van der Waals surface area contributed by atoms with E-state index in [1.165, 1.54) is 28.1 Å². The first kappa shape index (κ1) is 20.0. The van der Waals surface area contributed by atoms with Crippen LogP contribution in [0.2, 0.25) is 0 Å². The zero-order valence-corrected chi connectivity index (χ0v) is 17.6. The summed E-state index contributed by atoms with van der Waals surface area (Å²) in [6.07, 6.45) is 3.72. The number of aliphatic carboxylic acids is 1. The third kappa shape index (κ3) is 4.48. The molecule has 1 atom stereocenters. The first-order valence-corrected chi connectivity index (χ1v) is 10.9. The van der Waals surface area contributed by atoms with E-state index in [-0.39, 0.29) is 5.92 Å². The number of carbonyl (C=O) groups is 1. The molecule has 1 unspecified atom stereocenters. The molecule has 29 heavy (non-hydrogen) atoms. The fourth-order valence-corrected chi connectivity index (χ4v) is 4.89. The van der Waals surface area contributed by atoms with Crippen molar-refractivity contribution in [1.29, 1.82) is 0 Å². The highest BCUT2D eigenvalue weighted by Gasteiger charge is 2.27. The SMILES string of the molecule is Cc1ccc2c(c1)N(CC(C)CN1CCC(C(=O)O)CC1)c1ccccc1CC2. The van der Waals surface area contributed by atoms with Crippen LogP contribution in [-0.2, 0) is 17.6 Å². The summed E-state index contributed by atoms with van der Waals surface area (Å²) >= 11 is 0. The van der Waals surface area contributed by atoms with Gasteiger partial charge in [0.25, 0.3) is 0 Å². The Morgan fingerprint density at radius 1 is 1.03 bits per heavy atom. The molecule has 154 valence electrons. The molecule has 1 saturated heterocycles. The van der Waals surface area contributed by atoms with Gasteiger partial charge in [0.1, 0.15) is 0 Å². The molecular formula is C25H32N2O2. The van der Waals surface area contributed by atoms with Gasteiger partial charge < -0.3 is 14.9 Å². The molecule has 1 N–H and O–H groups in total. The molecule has 1 fully saturated rings. The largest absolute Gasteiger partial charge is 0.481 e. The minimum atomic E-state index is -0.633. The van der Waals surface area contributed by atoms with Gasteiger partial charge in [-0.05, 0) is 80.4 Å². The number of nitrogens with zero attached hydrogens (tertiary/aromatic N) is 2. The Bertz CT molecular complexity index is 871. The average Bonchev–Trinajstić information content (AvgIpc) is 2.86. The van der Waals surface area contributed by atoms with E-state index in [1.54, 1.807) is 0 Å². The summed E-state index contributed by atoms with van der Waals surface area (Å²) in [7, 11) is 0. The van der Waals surface area contributed by atoms with Crippen LogP contribution < -0.4 is 4.90 Å². The van der Waals surface area contributed by atoms with E-state index in [4.69, 9.17) is 0 Å². The predicted molar refractivity (Wildman–Crippen MR) is 118 cm³/mol. The van der Waals surface area contributed by atoms with Crippen molar-refractivity contribution in [2.24, 2.45) is 11.8 Å². The van der Waals surface area contributed by atoms with Crippen LogP contribution in [0.5, 0.6) is 0 Å². The number of anilines is 2. The van der Waals surface area contributed by atoms with Crippen molar-refractivity contribution in [2.45, 2.75) is 39.5 Å². The first-order valence-electron chi connectivity index (χ1n) is 10.9. The van der Waals surface area contributed by atoms with E-state index in [0.29, 0.717) is 5.92 Å². The summed E-state index contributed by atoms with van der Waals surface area (Å²) in [6.45, 7) is 8.29. The van der Waals surface area contributed by atoms with Gasteiger partial charge in [-0.15, -0.1) is 0 Å². The molecular weight excluding hydrogens is 360 g/mol. The smallest absolute Gasteiger partial charge is 0.306 e. The Labute approximate surface area is 174 Å². The Kier molecular flexibility index (Phi) is 5.91. The second kappa shape index (κ2) is 8.58. The van der Waals surface area contributed by atoms with Gasteiger partial charge in [-0.25, -0.2) is 0 Å². The fourth-order valence-electron chi connectivity index (χ4n) is 4.89. The van der Waals surface area contributed by atoms with Crippen molar-refractivity contribution in [2.75, 3.05) is 31.1 Å². The Hall–Kier alpha value is -2.33. The number of hydrogen-bond donors (Lipinski definition) is 1. The van der Waals surface area contributed by atoms with Gasteiger partial charge >= 0.3 is 5.97 Å². The number of para-hydroxylation sites is 1. The third-order valence-electron chi connectivity index (χ3n) is 6.48. The van der Waals surface area contributed by atoms with Crippen molar-refractivity contribution in [3.8, 4) is 0 Å². The lowest BCUT2D eigenvalue weighted by atomic mass is 9.96. The topological polar surface area (TPSA) is 43.8 Å². The van der Waals surface area contributed by atoms with Crippen molar-refractivity contribution < 1.29 is 9.90 Å². The van der Waals surface area contributed by atoms with Gasteiger partial charge in [-0.3, -0.25) is 4.79 Å². The van der Waals surface area contributed by atoms with Gasteiger partial charge in [0.2, 0.25) is 0 Å². The van der Waals surface area contributed by atoms with Gasteiger partial charge in [0.15, 0.2) is 0 Å². The molecule has 0 aliphatic carbocycles.